The minimum atomic E-state index is -0.222. The number of amides is 1. The van der Waals surface area contributed by atoms with Crippen molar-refractivity contribution in [3.8, 4) is 0 Å². The smallest absolute Gasteiger partial charge is 0.225 e. The molecule has 2 aromatic carbocycles. The third kappa shape index (κ3) is 5.37. The molecule has 5 heteroatoms. The van der Waals surface area contributed by atoms with Gasteiger partial charge in [0.15, 0.2) is 0 Å². The number of benzene rings is 2. The molecular formula is C22H27FN2O2. The van der Waals surface area contributed by atoms with Crippen molar-refractivity contribution >= 4 is 11.6 Å². The van der Waals surface area contributed by atoms with Crippen LogP contribution in [0.25, 0.3) is 0 Å². The zero-order valence-electron chi connectivity index (χ0n) is 15.7. The normalized spacial score (nSPS) is 17.3. The molecular weight excluding hydrogens is 343 g/mol. The summed E-state index contributed by atoms with van der Waals surface area (Å²) in [6.45, 7) is 4.15. The molecule has 0 aliphatic carbocycles. The van der Waals surface area contributed by atoms with E-state index in [1.54, 1.807) is 0 Å². The van der Waals surface area contributed by atoms with Crippen LogP contribution >= 0.6 is 0 Å². The lowest BCUT2D eigenvalue weighted by Gasteiger charge is -2.39. The number of carbonyl (C=O) groups excluding carboxylic acids is 1. The minimum absolute atomic E-state index is 0.0102. The molecule has 0 bridgehead atoms. The van der Waals surface area contributed by atoms with E-state index in [2.05, 4.69) is 10.6 Å². The highest BCUT2D eigenvalue weighted by atomic mass is 19.1. The fourth-order valence-corrected chi connectivity index (χ4v) is 3.59. The van der Waals surface area contributed by atoms with Crippen molar-refractivity contribution in [3.63, 3.8) is 0 Å². The monoisotopic (exact) mass is 370 g/mol. The molecule has 0 spiro atoms. The quantitative estimate of drug-likeness (QED) is 0.778. The second kappa shape index (κ2) is 9.11. The number of ether oxygens (including phenoxy) is 1. The molecule has 2 aromatic rings. The Kier molecular flexibility index (Phi) is 6.58. The molecule has 1 heterocycles. The second-order valence-corrected chi connectivity index (χ2v) is 7.30. The number of hydrogen-bond acceptors (Lipinski definition) is 3. The van der Waals surface area contributed by atoms with Gasteiger partial charge in [0.05, 0.1) is 0 Å². The van der Waals surface area contributed by atoms with E-state index in [9.17, 15) is 9.18 Å². The highest BCUT2D eigenvalue weighted by Crippen LogP contribution is 2.34. The van der Waals surface area contributed by atoms with Crippen LogP contribution in [0.2, 0.25) is 0 Å². The van der Waals surface area contributed by atoms with Crippen molar-refractivity contribution < 1.29 is 13.9 Å². The summed E-state index contributed by atoms with van der Waals surface area (Å²) >= 11 is 0. The van der Waals surface area contributed by atoms with E-state index in [-0.39, 0.29) is 23.2 Å². The van der Waals surface area contributed by atoms with Crippen LogP contribution in [0.1, 0.15) is 31.7 Å². The summed E-state index contributed by atoms with van der Waals surface area (Å²) in [5.41, 5.74) is 1.85. The zero-order chi connectivity index (χ0) is 19.1. The summed E-state index contributed by atoms with van der Waals surface area (Å²) < 4.78 is 18.9. The molecule has 27 heavy (non-hydrogen) atoms. The summed E-state index contributed by atoms with van der Waals surface area (Å²) in [7, 11) is 0. The lowest BCUT2D eigenvalue weighted by atomic mass is 9.74. The molecule has 1 aliphatic heterocycles. The molecule has 144 valence electrons. The molecule has 1 unspecified atom stereocenters. The molecule has 4 nitrogen and oxygen atoms in total. The number of para-hydroxylation sites is 1. The minimum Gasteiger partial charge on any atom is -0.381 e. The number of carbonyl (C=O) groups is 1. The van der Waals surface area contributed by atoms with Crippen molar-refractivity contribution in [3.05, 3.63) is 66.0 Å². The largest absolute Gasteiger partial charge is 0.381 e. The molecule has 2 N–H and O–H groups in total. The van der Waals surface area contributed by atoms with Crippen LogP contribution in [-0.2, 0) is 14.9 Å². The Morgan fingerprint density at radius 2 is 1.78 bits per heavy atom. The first-order valence-corrected chi connectivity index (χ1v) is 9.49. The predicted octanol–water partition coefficient (Wildman–Crippen LogP) is 3.88. The van der Waals surface area contributed by atoms with Crippen molar-refractivity contribution in [1.29, 1.82) is 0 Å². The summed E-state index contributed by atoms with van der Waals surface area (Å²) in [5.74, 6) is -0.233. The lowest BCUT2D eigenvalue weighted by Crippen LogP contribution is -2.45. The Morgan fingerprint density at radius 1 is 1.11 bits per heavy atom. The number of nitrogens with one attached hydrogen (secondary N) is 2. The highest BCUT2D eigenvalue weighted by Gasteiger charge is 2.34. The number of hydrogen-bond donors (Lipinski definition) is 2. The maximum atomic E-state index is 13.3. The van der Waals surface area contributed by atoms with Crippen LogP contribution in [0.4, 0.5) is 10.1 Å². The maximum absolute atomic E-state index is 13.3. The molecule has 1 atom stereocenters. The van der Waals surface area contributed by atoms with Gasteiger partial charge < -0.3 is 15.4 Å². The first kappa shape index (κ1) is 19.5. The van der Waals surface area contributed by atoms with Gasteiger partial charge >= 0.3 is 0 Å². The van der Waals surface area contributed by atoms with Crippen LogP contribution in [0.15, 0.2) is 54.6 Å². The summed E-state index contributed by atoms with van der Waals surface area (Å²) in [6, 6.07) is 16.3. The highest BCUT2D eigenvalue weighted by molar-refractivity contribution is 5.90. The Labute approximate surface area is 160 Å². The number of halogens is 1. The van der Waals surface area contributed by atoms with Crippen molar-refractivity contribution in [1.82, 2.24) is 5.32 Å². The van der Waals surface area contributed by atoms with Gasteiger partial charge in [0.25, 0.3) is 0 Å². The van der Waals surface area contributed by atoms with E-state index in [1.807, 2.05) is 49.4 Å². The SMILES string of the molecule is CC(CC(=O)Nc1ccccc1)NCC1(c2ccc(F)cc2)CCOCC1. The van der Waals surface area contributed by atoms with Crippen LogP contribution in [0.5, 0.6) is 0 Å². The average molecular weight is 370 g/mol. The topological polar surface area (TPSA) is 50.4 Å². The van der Waals surface area contributed by atoms with Crippen LogP contribution < -0.4 is 10.6 Å². The third-order valence-electron chi connectivity index (χ3n) is 5.24. The molecule has 3 rings (SSSR count). The molecule has 1 amide bonds. The van der Waals surface area contributed by atoms with Gasteiger partial charge in [0.1, 0.15) is 5.82 Å². The maximum Gasteiger partial charge on any atom is 0.225 e. The Morgan fingerprint density at radius 3 is 2.44 bits per heavy atom. The molecule has 0 radical (unpaired) electrons. The van der Waals surface area contributed by atoms with Gasteiger partial charge in [-0.3, -0.25) is 4.79 Å². The van der Waals surface area contributed by atoms with E-state index < -0.39 is 0 Å². The second-order valence-electron chi connectivity index (χ2n) is 7.30. The van der Waals surface area contributed by atoms with E-state index in [1.165, 1.54) is 12.1 Å². The Bertz CT molecular complexity index is 728. The fraction of sp³-hybridized carbons (Fsp3) is 0.409. The van der Waals surface area contributed by atoms with Gasteiger partial charge in [-0.2, -0.15) is 0 Å². The van der Waals surface area contributed by atoms with Gasteiger partial charge in [-0.15, -0.1) is 0 Å². The molecule has 1 saturated heterocycles. The fourth-order valence-electron chi connectivity index (χ4n) is 3.59. The summed E-state index contributed by atoms with van der Waals surface area (Å²) in [4.78, 5) is 12.2. The van der Waals surface area contributed by atoms with E-state index >= 15 is 0 Å². The van der Waals surface area contributed by atoms with Crippen LogP contribution in [0, 0.1) is 5.82 Å². The lowest BCUT2D eigenvalue weighted by molar-refractivity contribution is -0.116. The molecule has 0 aromatic heterocycles. The van der Waals surface area contributed by atoms with E-state index in [0.717, 1.165) is 30.6 Å². The number of anilines is 1. The van der Waals surface area contributed by atoms with Crippen molar-refractivity contribution in [2.45, 2.75) is 37.6 Å². The first-order valence-electron chi connectivity index (χ1n) is 9.49. The Balaban J connectivity index is 1.58. The third-order valence-corrected chi connectivity index (χ3v) is 5.24. The van der Waals surface area contributed by atoms with Crippen molar-refractivity contribution in [2.24, 2.45) is 0 Å². The standard InChI is InChI=1S/C22H27FN2O2/c1-17(15-21(26)25-20-5-3-2-4-6-20)24-16-22(11-13-27-14-12-22)18-7-9-19(23)10-8-18/h2-10,17,24H,11-16H2,1H3,(H,25,26). The molecule has 1 aliphatic rings. The van der Waals surface area contributed by atoms with Gasteiger partial charge in [-0.1, -0.05) is 30.3 Å². The van der Waals surface area contributed by atoms with Crippen LogP contribution in [0.3, 0.4) is 0 Å². The van der Waals surface area contributed by atoms with Gasteiger partial charge in [-0.25, -0.2) is 4.39 Å². The van der Waals surface area contributed by atoms with Crippen LogP contribution in [-0.4, -0.2) is 31.7 Å². The summed E-state index contributed by atoms with van der Waals surface area (Å²) in [6.07, 6.45) is 2.16. The number of rotatable bonds is 7. The molecule has 0 saturated carbocycles. The van der Waals surface area contributed by atoms with Crippen molar-refractivity contribution in [2.75, 3.05) is 25.1 Å². The summed E-state index contributed by atoms with van der Waals surface area (Å²) in [5, 5.41) is 6.43. The predicted molar refractivity (Wildman–Crippen MR) is 105 cm³/mol. The zero-order valence-corrected chi connectivity index (χ0v) is 15.7. The average Bonchev–Trinajstić information content (AvgIpc) is 2.68. The Hall–Kier alpha value is -2.24. The van der Waals surface area contributed by atoms with Gasteiger partial charge in [-0.05, 0) is 49.6 Å². The van der Waals surface area contributed by atoms with Gasteiger partial charge in [0.2, 0.25) is 5.91 Å². The van der Waals surface area contributed by atoms with E-state index in [4.69, 9.17) is 4.74 Å². The molecule has 1 fully saturated rings. The van der Waals surface area contributed by atoms with Gasteiger partial charge in [0, 0.05) is 43.3 Å². The first-order chi connectivity index (χ1) is 13.1. The van der Waals surface area contributed by atoms with E-state index in [0.29, 0.717) is 19.6 Å².